The molecule has 2 aromatic rings. The quantitative estimate of drug-likeness (QED) is 0.856. The van der Waals surface area contributed by atoms with E-state index in [2.05, 4.69) is 34.6 Å². The molecule has 0 aliphatic carbocycles. The summed E-state index contributed by atoms with van der Waals surface area (Å²) in [7, 11) is 0. The molecule has 3 heteroatoms. The molecule has 0 spiro atoms. The zero-order valence-corrected chi connectivity index (χ0v) is 9.28. The average molecular weight is 218 g/mol. The topological polar surface area (TPSA) is 38.9 Å². The van der Waals surface area contributed by atoms with E-state index in [1.54, 1.807) is 11.3 Å². The predicted molar refractivity (Wildman–Crippen MR) is 64.1 cm³/mol. The van der Waals surface area contributed by atoms with Crippen LogP contribution >= 0.6 is 11.3 Å². The molecule has 0 saturated carbocycles. The predicted octanol–water partition coefficient (Wildman–Crippen LogP) is 2.43. The van der Waals surface area contributed by atoms with Gasteiger partial charge in [0.25, 0.3) is 0 Å². The summed E-state index contributed by atoms with van der Waals surface area (Å²) in [4.78, 5) is 4.29. The molecule has 0 amide bonds. The van der Waals surface area contributed by atoms with Crippen LogP contribution in [0.2, 0.25) is 0 Å². The van der Waals surface area contributed by atoms with Crippen LogP contribution in [0.1, 0.15) is 17.2 Å². The zero-order valence-electron chi connectivity index (χ0n) is 8.47. The van der Waals surface area contributed by atoms with Crippen LogP contribution in [0, 0.1) is 0 Å². The summed E-state index contributed by atoms with van der Waals surface area (Å²) in [5.74, 6) is 0.383. The van der Waals surface area contributed by atoms with Gasteiger partial charge in [0.1, 0.15) is 0 Å². The van der Waals surface area contributed by atoms with E-state index in [4.69, 9.17) is 5.73 Å². The van der Waals surface area contributed by atoms with Gasteiger partial charge in [0.2, 0.25) is 0 Å². The lowest BCUT2D eigenvalue weighted by Gasteiger charge is -2.13. The van der Waals surface area contributed by atoms with Gasteiger partial charge in [-0.05, 0) is 18.5 Å². The van der Waals surface area contributed by atoms with E-state index < -0.39 is 0 Å². The van der Waals surface area contributed by atoms with E-state index in [0.717, 1.165) is 12.1 Å². The van der Waals surface area contributed by atoms with Crippen LogP contribution in [0.25, 0.3) is 0 Å². The maximum atomic E-state index is 5.80. The van der Waals surface area contributed by atoms with E-state index in [9.17, 15) is 0 Å². The van der Waals surface area contributed by atoms with Crippen molar-refractivity contribution in [1.82, 2.24) is 4.98 Å². The Morgan fingerprint density at radius 3 is 2.67 bits per heavy atom. The number of thiazole rings is 1. The van der Waals surface area contributed by atoms with Crippen molar-refractivity contribution in [1.29, 1.82) is 0 Å². The van der Waals surface area contributed by atoms with Gasteiger partial charge in [-0.3, -0.25) is 0 Å². The Hall–Kier alpha value is -1.19. The summed E-state index contributed by atoms with van der Waals surface area (Å²) >= 11 is 1.64. The Labute approximate surface area is 93.8 Å². The fourth-order valence-electron chi connectivity index (χ4n) is 1.65. The molecule has 1 aromatic carbocycles. The van der Waals surface area contributed by atoms with Gasteiger partial charge in [-0.1, -0.05) is 30.3 Å². The molecule has 0 fully saturated rings. The minimum Gasteiger partial charge on any atom is -0.330 e. The highest BCUT2D eigenvalue weighted by atomic mass is 32.1. The molecule has 0 aliphatic rings. The van der Waals surface area contributed by atoms with Crippen LogP contribution < -0.4 is 5.73 Å². The maximum absolute atomic E-state index is 5.80. The van der Waals surface area contributed by atoms with Crippen LogP contribution in [-0.2, 0) is 6.42 Å². The number of nitrogens with two attached hydrogens (primary N) is 1. The van der Waals surface area contributed by atoms with E-state index in [0.29, 0.717) is 12.5 Å². The summed E-state index contributed by atoms with van der Waals surface area (Å²) in [6.45, 7) is 0.668. The van der Waals surface area contributed by atoms with E-state index >= 15 is 0 Å². The summed E-state index contributed by atoms with van der Waals surface area (Å²) in [5, 5.41) is 2.09. The van der Waals surface area contributed by atoms with Crippen LogP contribution in [0.3, 0.4) is 0 Å². The van der Waals surface area contributed by atoms with Gasteiger partial charge in [0.05, 0.1) is 11.2 Å². The van der Waals surface area contributed by atoms with Crippen molar-refractivity contribution in [3.8, 4) is 0 Å². The molecule has 0 saturated heterocycles. The minimum atomic E-state index is 0.383. The molecule has 78 valence electrons. The zero-order chi connectivity index (χ0) is 10.5. The fraction of sp³-hybridized carbons (Fsp3) is 0.250. The smallest absolute Gasteiger partial charge is 0.0794 e. The molecule has 2 nitrogen and oxygen atoms in total. The second kappa shape index (κ2) is 5.05. The largest absolute Gasteiger partial charge is 0.330 e. The van der Waals surface area contributed by atoms with E-state index in [-0.39, 0.29) is 0 Å². The lowest BCUT2D eigenvalue weighted by atomic mass is 9.95. The minimum absolute atomic E-state index is 0.383. The first-order valence-electron chi connectivity index (χ1n) is 5.02. The van der Waals surface area contributed by atoms with Crippen molar-refractivity contribution in [2.45, 2.75) is 12.3 Å². The number of aromatic nitrogens is 1. The second-order valence-electron chi connectivity index (χ2n) is 3.53. The molecule has 1 atom stereocenters. The van der Waals surface area contributed by atoms with Gasteiger partial charge in [0.15, 0.2) is 0 Å². The molecule has 1 aromatic heterocycles. The van der Waals surface area contributed by atoms with E-state index in [1.165, 1.54) is 5.56 Å². The molecule has 2 rings (SSSR count). The van der Waals surface area contributed by atoms with Gasteiger partial charge in [0, 0.05) is 11.3 Å². The molecular formula is C12H14N2S. The number of rotatable bonds is 4. The number of benzene rings is 1. The van der Waals surface area contributed by atoms with Gasteiger partial charge >= 0.3 is 0 Å². The normalized spacial score (nSPS) is 12.6. The molecule has 0 aliphatic heterocycles. The molecule has 0 bridgehead atoms. The fourth-order valence-corrected chi connectivity index (χ4v) is 2.22. The van der Waals surface area contributed by atoms with Crippen molar-refractivity contribution in [3.63, 3.8) is 0 Å². The first-order valence-corrected chi connectivity index (χ1v) is 5.96. The van der Waals surface area contributed by atoms with E-state index in [1.807, 2.05) is 11.6 Å². The SMILES string of the molecule is NCC(Cc1cscn1)c1ccccc1. The lowest BCUT2D eigenvalue weighted by molar-refractivity contribution is 0.685. The van der Waals surface area contributed by atoms with Gasteiger partial charge < -0.3 is 5.73 Å². The highest BCUT2D eigenvalue weighted by Gasteiger charge is 2.10. The molecule has 1 heterocycles. The molecule has 15 heavy (non-hydrogen) atoms. The van der Waals surface area contributed by atoms with Crippen LogP contribution in [-0.4, -0.2) is 11.5 Å². The van der Waals surface area contributed by atoms with Gasteiger partial charge in [-0.2, -0.15) is 0 Å². The Morgan fingerprint density at radius 1 is 1.27 bits per heavy atom. The Morgan fingerprint density at radius 2 is 2.07 bits per heavy atom. The maximum Gasteiger partial charge on any atom is 0.0794 e. The monoisotopic (exact) mass is 218 g/mol. The summed E-state index contributed by atoms with van der Waals surface area (Å²) in [6.07, 6.45) is 0.935. The third kappa shape index (κ3) is 2.64. The van der Waals surface area contributed by atoms with Crippen molar-refractivity contribution < 1.29 is 0 Å². The first-order chi connectivity index (χ1) is 7.40. The molecule has 2 N–H and O–H groups in total. The molecule has 1 unspecified atom stereocenters. The summed E-state index contributed by atoms with van der Waals surface area (Å²) < 4.78 is 0. The first kappa shape index (κ1) is 10.3. The Bertz CT molecular complexity index is 383. The lowest BCUT2D eigenvalue weighted by Crippen LogP contribution is -2.15. The summed E-state index contributed by atoms with van der Waals surface area (Å²) in [5.41, 5.74) is 10.1. The van der Waals surface area contributed by atoms with Crippen LogP contribution in [0.15, 0.2) is 41.2 Å². The van der Waals surface area contributed by atoms with Crippen molar-refractivity contribution >= 4 is 11.3 Å². The van der Waals surface area contributed by atoms with Crippen molar-refractivity contribution in [3.05, 3.63) is 52.5 Å². The van der Waals surface area contributed by atoms with Gasteiger partial charge in [-0.25, -0.2) is 4.98 Å². The second-order valence-corrected chi connectivity index (χ2v) is 4.25. The standard InChI is InChI=1S/C12H14N2S/c13-7-11(6-12-8-15-9-14-12)10-4-2-1-3-5-10/h1-5,8-9,11H,6-7,13H2. The van der Waals surface area contributed by atoms with Crippen LogP contribution in [0.4, 0.5) is 0 Å². The summed E-state index contributed by atoms with van der Waals surface area (Å²) in [6, 6.07) is 10.4. The highest BCUT2D eigenvalue weighted by Crippen LogP contribution is 2.19. The Balaban J connectivity index is 2.12. The van der Waals surface area contributed by atoms with Crippen LogP contribution in [0.5, 0.6) is 0 Å². The third-order valence-electron chi connectivity index (χ3n) is 2.49. The number of hydrogen-bond donors (Lipinski definition) is 1. The molecular weight excluding hydrogens is 204 g/mol. The third-order valence-corrected chi connectivity index (χ3v) is 3.13. The highest BCUT2D eigenvalue weighted by molar-refractivity contribution is 7.07. The molecule has 0 radical (unpaired) electrons. The van der Waals surface area contributed by atoms with Crippen molar-refractivity contribution in [2.75, 3.05) is 6.54 Å². The van der Waals surface area contributed by atoms with Gasteiger partial charge in [-0.15, -0.1) is 11.3 Å². The average Bonchev–Trinajstić information content (AvgIpc) is 2.80. The number of nitrogens with zero attached hydrogens (tertiary/aromatic N) is 1. The Kier molecular flexibility index (Phi) is 3.48. The number of hydrogen-bond acceptors (Lipinski definition) is 3. The van der Waals surface area contributed by atoms with Crippen molar-refractivity contribution in [2.24, 2.45) is 5.73 Å².